The zero-order valence-electron chi connectivity index (χ0n) is 19.9. The highest BCUT2D eigenvalue weighted by atomic mass is 19.4. The Labute approximate surface area is 206 Å². The summed E-state index contributed by atoms with van der Waals surface area (Å²) in [6.07, 6.45) is -0.141. The molecule has 3 aromatic rings. The fourth-order valence-electron chi connectivity index (χ4n) is 3.32. The van der Waals surface area contributed by atoms with Gasteiger partial charge >= 0.3 is 12.1 Å². The van der Waals surface area contributed by atoms with E-state index >= 15 is 0 Å². The van der Waals surface area contributed by atoms with Crippen molar-refractivity contribution in [2.75, 3.05) is 13.2 Å². The van der Waals surface area contributed by atoms with Crippen molar-refractivity contribution in [3.8, 4) is 11.4 Å². The molecule has 1 unspecified atom stereocenters. The summed E-state index contributed by atoms with van der Waals surface area (Å²) in [5.74, 6) is -0.216. The maximum absolute atomic E-state index is 12.8. The number of nitrogens with one attached hydrogen (secondary N) is 1. The molecule has 11 heteroatoms. The maximum atomic E-state index is 12.8. The van der Waals surface area contributed by atoms with Crippen molar-refractivity contribution < 1.29 is 32.2 Å². The van der Waals surface area contributed by atoms with Crippen LogP contribution in [0.4, 0.5) is 13.2 Å². The minimum Gasteiger partial charge on any atom is -0.484 e. The lowest BCUT2D eigenvalue weighted by atomic mass is 10.1. The number of esters is 1. The Morgan fingerprint density at radius 1 is 1.08 bits per heavy atom. The number of carbonyl (C=O) groups is 2. The van der Waals surface area contributed by atoms with Gasteiger partial charge in [0.05, 0.1) is 41.7 Å². The standard InChI is InChI=1S/C25H27F3N4O4/c1-3-5-22(21-11-6-17(14-30-21)24(34)29-13-12-23(33)35-4-2)36-20-9-7-19(8-10-20)32-16-18(15-31-32)25(26,27)28/h6-11,14-16,22H,3-5,12-13H2,1-2H3,(H,29,34). The second-order valence-electron chi connectivity index (χ2n) is 7.84. The molecule has 1 N–H and O–H groups in total. The van der Waals surface area contributed by atoms with Crippen LogP contribution in [0.1, 0.15) is 60.8 Å². The molecule has 1 aromatic carbocycles. The Hall–Kier alpha value is -3.89. The minimum absolute atomic E-state index is 0.0835. The van der Waals surface area contributed by atoms with Gasteiger partial charge in [-0.2, -0.15) is 18.3 Å². The molecule has 3 rings (SSSR count). The minimum atomic E-state index is -4.46. The second kappa shape index (κ2) is 12.2. The van der Waals surface area contributed by atoms with Crippen molar-refractivity contribution in [2.24, 2.45) is 0 Å². The Morgan fingerprint density at radius 2 is 1.83 bits per heavy atom. The molecular formula is C25H27F3N4O4. The number of benzene rings is 1. The number of rotatable bonds is 11. The van der Waals surface area contributed by atoms with Gasteiger partial charge in [0.2, 0.25) is 0 Å². The highest BCUT2D eigenvalue weighted by Crippen LogP contribution is 2.30. The molecule has 0 bridgehead atoms. The van der Waals surface area contributed by atoms with Crippen LogP contribution in [0.15, 0.2) is 55.0 Å². The topological polar surface area (TPSA) is 95.3 Å². The summed E-state index contributed by atoms with van der Waals surface area (Å²) in [7, 11) is 0. The molecule has 1 atom stereocenters. The van der Waals surface area contributed by atoms with Gasteiger partial charge in [0.1, 0.15) is 11.9 Å². The molecule has 0 aliphatic rings. The maximum Gasteiger partial charge on any atom is 0.419 e. The molecule has 8 nitrogen and oxygen atoms in total. The first kappa shape index (κ1) is 26.7. The third kappa shape index (κ3) is 7.30. The number of hydrogen-bond acceptors (Lipinski definition) is 6. The van der Waals surface area contributed by atoms with Crippen molar-refractivity contribution in [3.05, 3.63) is 71.8 Å². The summed E-state index contributed by atoms with van der Waals surface area (Å²) < 4.78 is 50.5. The van der Waals surface area contributed by atoms with E-state index < -0.39 is 11.7 Å². The van der Waals surface area contributed by atoms with E-state index in [9.17, 15) is 22.8 Å². The van der Waals surface area contributed by atoms with Gasteiger partial charge in [-0.25, -0.2) is 4.68 Å². The van der Waals surface area contributed by atoms with E-state index in [1.165, 1.54) is 6.20 Å². The summed E-state index contributed by atoms with van der Waals surface area (Å²) in [4.78, 5) is 28.0. The van der Waals surface area contributed by atoms with Crippen molar-refractivity contribution in [1.29, 1.82) is 0 Å². The number of ether oxygens (including phenoxy) is 2. The van der Waals surface area contributed by atoms with Crippen LogP contribution in [0, 0.1) is 0 Å². The summed E-state index contributed by atoms with van der Waals surface area (Å²) >= 11 is 0. The molecule has 1 amide bonds. The first-order valence-corrected chi connectivity index (χ1v) is 11.5. The van der Waals surface area contributed by atoms with Gasteiger partial charge < -0.3 is 14.8 Å². The van der Waals surface area contributed by atoms with E-state index in [2.05, 4.69) is 15.4 Å². The van der Waals surface area contributed by atoms with Crippen molar-refractivity contribution in [1.82, 2.24) is 20.1 Å². The second-order valence-corrected chi connectivity index (χ2v) is 7.84. The van der Waals surface area contributed by atoms with Gasteiger partial charge in [-0.15, -0.1) is 0 Å². The molecule has 0 aliphatic carbocycles. The number of alkyl halides is 3. The van der Waals surface area contributed by atoms with Crippen molar-refractivity contribution >= 4 is 11.9 Å². The molecule has 36 heavy (non-hydrogen) atoms. The Bertz CT molecular complexity index is 1150. The SMILES string of the molecule is CCCC(Oc1ccc(-n2cc(C(F)(F)F)cn2)cc1)c1ccc(C(=O)NCCC(=O)OCC)cn1. The Balaban J connectivity index is 1.62. The molecule has 0 fully saturated rings. The average molecular weight is 505 g/mol. The van der Waals surface area contributed by atoms with Crippen molar-refractivity contribution in [3.63, 3.8) is 0 Å². The van der Waals surface area contributed by atoms with Crippen LogP contribution in [0.3, 0.4) is 0 Å². The van der Waals surface area contributed by atoms with Gasteiger partial charge in [-0.3, -0.25) is 14.6 Å². The van der Waals surface area contributed by atoms with E-state index in [-0.39, 0.29) is 37.6 Å². The van der Waals surface area contributed by atoms with Crippen LogP contribution in [-0.4, -0.2) is 39.8 Å². The number of nitrogens with zero attached hydrogens (tertiary/aromatic N) is 3. The lowest BCUT2D eigenvalue weighted by molar-refractivity contribution is -0.143. The molecule has 192 valence electrons. The fourth-order valence-corrected chi connectivity index (χ4v) is 3.32. The fraction of sp³-hybridized carbons (Fsp3) is 0.360. The van der Waals surface area contributed by atoms with E-state index in [0.29, 0.717) is 29.1 Å². The molecule has 2 aromatic heterocycles. The van der Waals surface area contributed by atoms with Crippen molar-refractivity contribution in [2.45, 2.75) is 45.4 Å². The average Bonchev–Trinajstić information content (AvgIpc) is 3.36. The Kier molecular flexibility index (Phi) is 9.04. The van der Waals surface area contributed by atoms with E-state index in [1.807, 2.05) is 6.92 Å². The molecule has 0 saturated carbocycles. The summed E-state index contributed by atoms with van der Waals surface area (Å²) in [5, 5.41) is 6.42. The largest absolute Gasteiger partial charge is 0.484 e. The van der Waals surface area contributed by atoms with E-state index in [0.717, 1.165) is 23.5 Å². The van der Waals surface area contributed by atoms with Gasteiger partial charge in [-0.05, 0) is 49.7 Å². The smallest absolute Gasteiger partial charge is 0.419 e. The third-order valence-corrected chi connectivity index (χ3v) is 5.14. The highest BCUT2D eigenvalue weighted by Gasteiger charge is 2.32. The number of halogens is 3. The molecule has 0 radical (unpaired) electrons. The number of amides is 1. The monoisotopic (exact) mass is 504 g/mol. The number of aromatic nitrogens is 3. The number of pyridine rings is 1. The van der Waals surface area contributed by atoms with Crippen LogP contribution in [-0.2, 0) is 15.7 Å². The van der Waals surface area contributed by atoms with Crippen LogP contribution >= 0.6 is 0 Å². The lowest BCUT2D eigenvalue weighted by Crippen LogP contribution is -2.26. The molecule has 0 spiro atoms. The molecule has 0 saturated heterocycles. The summed E-state index contributed by atoms with van der Waals surface area (Å²) in [6.45, 7) is 4.16. The predicted octanol–water partition coefficient (Wildman–Crippen LogP) is 4.89. The lowest BCUT2D eigenvalue weighted by Gasteiger charge is -2.19. The predicted molar refractivity (Wildman–Crippen MR) is 125 cm³/mol. The van der Waals surface area contributed by atoms with Gasteiger partial charge in [0.15, 0.2) is 0 Å². The number of carbonyl (C=O) groups excluding carboxylic acids is 2. The first-order chi connectivity index (χ1) is 17.2. The zero-order chi connectivity index (χ0) is 26.1. The van der Waals surface area contributed by atoms with E-state index in [4.69, 9.17) is 9.47 Å². The van der Waals surface area contributed by atoms with Gasteiger partial charge in [0, 0.05) is 18.9 Å². The zero-order valence-corrected chi connectivity index (χ0v) is 19.9. The van der Waals surface area contributed by atoms with Crippen LogP contribution in [0.25, 0.3) is 5.69 Å². The van der Waals surface area contributed by atoms with Crippen LogP contribution < -0.4 is 10.1 Å². The third-order valence-electron chi connectivity index (χ3n) is 5.14. The molecule has 0 aliphatic heterocycles. The summed E-state index contributed by atoms with van der Waals surface area (Å²) in [5.41, 5.74) is 0.611. The van der Waals surface area contributed by atoms with Gasteiger partial charge in [-0.1, -0.05) is 13.3 Å². The Morgan fingerprint density at radius 3 is 2.42 bits per heavy atom. The quantitative estimate of drug-likeness (QED) is 0.374. The summed E-state index contributed by atoms with van der Waals surface area (Å²) in [6, 6.07) is 9.87. The molecule has 2 heterocycles. The number of hydrogen-bond donors (Lipinski definition) is 1. The molecular weight excluding hydrogens is 477 g/mol. The first-order valence-electron chi connectivity index (χ1n) is 11.5. The van der Waals surface area contributed by atoms with Gasteiger partial charge in [0.25, 0.3) is 5.91 Å². The van der Waals surface area contributed by atoms with Crippen LogP contribution in [0.5, 0.6) is 5.75 Å². The van der Waals surface area contributed by atoms with Crippen LogP contribution in [0.2, 0.25) is 0 Å². The highest BCUT2D eigenvalue weighted by molar-refractivity contribution is 5.94. The van der Waals surface area contributed by atoms with E-state index in [1.54, 1.807) is 43.3 Å². The normalized spacial score (nSPS) is 12.1.